The van der Waals surface area contributed by atoms with Gasteiger partial charge in [0.2, 0.25) is 0 Å². The van der Waals surface area contributed by atoms with Crippen LogP contribution >= 0.6 is 0 Å². The molecule has 1 aromatic carbocycles. The lowest BCUT2D eigenvalue weighted by molar-refractivity contribution is 0.169. The predicted molar refractivity (Wildman–Crippen MR) is 74.9 cm³/mol. The molecule has 0 aliphatic rings. The zero-order chi connectivity index (χ0) is 13.1. The highest BCUT2D eigenvalue weighted by molar-refractivity contribution is 5.54. The maximum absolute atomic E-state index is 10.3. The fourth-order valence-corrected chi connectivity index (χ4v) is 2.31. The lowest BCUT2D eigenvalue weighted by Crippen LogP contribution is -1.99. The van der Waals surface area contributed by atoms with Crippen molar-refractivity contribution in [3.63, 3.8) is 0 Å². The van der Waals surface area contributed by atoms with Crippen LogP contribution in [-0.4, -0.2) is 14.7 Å². The third kappa shape index (κ3) is 2.51. The zero-order valence-corrected chi connectivity index (χ0v) is 10.6. The van der Waals surface area contributed by atoms with Crippen molar-refractivity contribution in [2.75, 3.05) is 0 Å². The van der Waals surface area contributed by atoms with Gasteiger partial charge < -0.3 is 5.11 Å². The van der Waals surface area contributed by atoms with Gasteiger partial charge >= 0.3 is 0 Å². The van der Waals surface area contributed by atoms with E-state index in [1.54, 1.807) is 10.7 Å². The molecular weight excluding hydrogens is 236 g/mol. The number of aliphatic hydroxyl groups excluding tert-OH is 1. The Morgan fingerprint density at radius 1 is 1.05 bits per heavy atom. The highest BCUT2D eigenvalue weighted by Crippen LogP contribution is 2.23. The van der Waals surface area contributed by atoms with Crippen LogP contribution in [0.4, 0.5) is 0 Å². The second kappa shape index (κ2) is 5.24. The van der Waals surface area contributed by atoms with Crippen molar-refractivity contribution in [2.24, 2.45) is 0 Å². The summed E-state index contributed by atoms with van der Waals surface area (Å²) in [5.74, 6) is 0. The number of benzene rings is 1. The summed E-state index contributed by atoms with van der Waals surface area (Å²) in [7, 11) is 0. The SMILES string of the molecule is OC(CCc1ccccc1)c1cnn2ccccc12. The normalized spacial score (nSPS) is 12.7. The first-order valence-electron chi connectivity index (χ1n) is 6.49. The topological polar surface area (TPSA) is 37.5 Å². The molecule has 1 unspecified atom stereocenters. The maximum Gasteiger partial charge on any atom is 0.0830 e. The van der Waals surface area contributed by atoms with Crippen molar-refractivity contribution in [2.45, 2.75) is 18.9 Å². The van der Waals surface area contributed by atoms with E-state index in [0.29, 0.717) is 6.42 Å². The molecule has 0 aliphatic carbocycles. The molecule has 0 amide bonds. The van der Waals surface area contributed by atoms with Gasteiger partial charge in [0.15, 0.2) is 0 Å². The van der Waals surface area contributed by atoms with Crippen molar-refractivity contribution >= 4 is 5.52 Å². The minimum atomic E-state index is -0.472. The average molecular weight is 252 g/mol. The van der Waals surface area contributed by atoms with E-state index in [1.807, 2.05) is 42.6 Å². The van der Waals surface area contributed by atoms with E-state index in [4.69, 9.17) is 0 Å². The van der Waals surface area contributed by atoms with Crippen LogP contribution in [0.3, 0.4) is 0 Å². The van der Waals surface area contributed by atoms with Crippen molar-refractivity contribution in [1.29, 1.82) is 0 Å². The Labute approximate surface area is 112 Å². The molecule has 3 aromatic rings. The van der Waals surface area contributed by atoms with Gasteiger partial charge in [0.1, 0.15) is 0 Å². The summed E-state index contributed by atoms with van der Waals surface area (Å²) in [6.07, 6.45) is 4.75. The van der Waals surface area contributed by atoms with Gasteiger partial charge in [-0.1, -0.05) is 36.4 Å². The summed E-state index contributed by atoms with van der Waals surface area (Å²) < 4.78 is 1.79. The second-order valence-electron chi connectivity index (χ2n) is 4.67. The average Bonchev–Trinajstić information content (AvgIpc) is 2.90. The number of hydrogen-bond donors (Lipinski definition) is 1. The summed E-state index contributed by atoms with van der Waals surface area (Å²) in [6.45, 7) is 0. The third-order valence-corrected chi connectivity index (χ3v) is 3.36. The van der Waals surface area contributed by atoms with Gasteiger partial charge in [-0.2, -0.15) is 5.10 Å². The van der Waals surface area contributed by atoms with Crippen molar-refractivity contribution < 1.29 is 5.11 Å². The fourth-order valence-electron chi connectivity index (χ4n) is 2.31. The van der Waals surface area contributed by atoms with Gasteiger partial charge in [-0.05, 0) is 30.5 Å². The van der Waals surface area contributed by atoms with Gasteiger partial charge in [-0.3, -0.25) is 0 Å². The Morgan fingerprint density at radius 2 is 1.84 bits per heavy atom. The number of pyridine rings is 1. The molecular formula is C16H16N2O. The molecule has 3 rings (SSSR count). The van der Waals surface area contributed by atoms with Gasteiger partial charge in [0.25, 0.3) is 0 Å². The van der Waals surface area contributed by atoms with E-state index in [2.05, 4.69) is 17.2 Å². The molecule has 19 heavy (non-hydrogen) atoms. The Morgan fingerprint density at radius 3 is 2.68 bits per heavy atom. The van der Waals surface area contributed by atoms with Crippen LogP contribution in [0, 0.1) is 0 Å². The van der Waals surface area contributed by atoms with Crippen LogP contribution in [0.5, 0.6) is 0 Å². The number of rotatable bonds is 4. The first kappa shape index (κ1) is 11.9. The molecule has 0 spiro atoms. The van der Waals surface area contributed by atoms with Crippen LogP contribution < -0.4 is 0 Å². The molecule has 1 atom stereocenters. The van der Waals surface area contributed by atoms with Crippen LogP contribution in [-0.2, 0) is 6.42 Å². The largest absolute Gasteiger partial charge is 0.388 e. The molecule has 2 heterocycles. The molecule has 2 aromatic heterocycles. The van der Waals surface area contributed by atoms with Crippen molar-refractivity contribution in [1.82, 2.24) is 9.61 Å². The number of aromatic nitrogens is 2. The van der Waals surface area contributed by atoms with Crippen molar-refractivity contribution in [3.05, 3.63) is 72.1 Å². The molecule has 3 heteroatoms. The van der Waals surface area contributed by atoms with Gasteiger partial charge in [0, 0.05) is 11.8 Å². The fraction of sp³-hybridized carbons (Fsp3) is 0.188. The summed E-state index contributed by atoms with van der Waals surface area (Å²) in [5.41, 5.74) is 3.12. The Kier molecular flexibility index (Phi) is 3.29. The Hall–Kier alpha value is -2.13. The smallest absolute Gasteiger partial charge is 0.0830 e. The predicted octanol–water partition coefficient (Wildman–Crippen LogP) is 3.00. The number of aliphatic hydroxyl groups is 1. The molecule has 0 fully saturated rings. The van der Waals surface area contributed by atoms with E-state index < -0.39 is 6.10 Å². The molecule has 96 valence electrons. The summed E-state index contributed by atoms with van der Waals surface area (Å²) in [4.78, 5) is 0. The quantitative estimate of drug-likeness (QED) is 0.775. The minimum Gasteiger partial charge on any atom is -0.388 e. The molecule has 1 N–H and O–H groups in total. The van der Waals surface area contributed by atoms with Crippen molar-refractivity contribution in [3.8, 4) is 0 Å². The third-order valence-electron chi connectivity index (χ3n) is 3.36. The number of aryl methyl sites for hydroxylation is 1. The van der Waals surface area contributed by atoms with E-state index in [1.165, 1.54) is 5.56 Å². The molecule has 0 bridgehead atoms. The number of nitrogens with zero attached hydrogens (tertiary/aromatic N) is 2. The van der Waals surface area contributed by atoms with E-state index in [-0.39, 0.29) is 0 Å². The van der Waals surface area contributed by atoms with E-state index >= 15 is 0 Å². The van der Waals surface area contributed by atoms with Crippen LogP contribution in [0.25, 0.3) is 5.52 Å². The molecule has 3 nitrogen and oxygen atoms in total. The molecule has 0 saturated heterocycles. The zero-order valence-electron chi connectivity index (χ0n) is 10.6. The Bertz CT molecular complexity index is 661. The van der Waals surface area contributed by atoms with Crippen LogP contribution in [0.1, 0.15) is 23.7 Å². The second-order valence-corrected chi connectivity index (χ2v) is 4.67. The van der Waals surface area contributed by atoms with E-state index in [9.17, 15) is 5.11 Å². The first-order valence-corrected chi connectivity index (χ1v) is 6.49. The molecule has 0 aliphatic heterocycles. The first-order chi connectivity index (χ1) is 9.34. The maximum atomic E-state index is 10.3. The van der Waals surface area contributed by atoms with Gasteiger partial charge in [-0.25, -0.2) is 4.52 Å². The summed E-state index contributed by atoms with van der Waals surface area (Å²) >= 11 is 0. The van der Waals surface area contributed by atoms with Crippen LogP contribution in [0.2, 0.25) is 0 Å². The lowest BCUT2D eigenvalue weighted by Gasteiger charge is -2.09. The highest BCUT2D eigenvalue weighted by Gasteiger charge is 2.13. The highest BCUT2D eigenvalue weighted by atomic mass is 16.3. The monoisotopic (exact) mass is 252 g/mol. The van der Waals surface area contributed by atoms with E-state index in [0.717, 1.165) is 17.5 Å². The molecule has 0 radical (unpaired) electrons. The lowest BCUT2D eigenvalue weighted by atomic mass is 10.0. The van der Waals surface area contributed by atoms with Gasteiger partial charge in [0.05, 0.1) is 17.8 Å². The van der Waals surface area contributed by atoms with Crippen LogP contribution in [0.15, 0.2) is 60.9 Å². The summed E-state index contributed by atoms with van der Waals surface area (Å²) in [6, 6.07) is 16.1. The Balaban J connectivity index is 1.75. The standard InChI is InChI=1S/C16H16N2O/c19-16(10-9-13-6-2-1-3-7-13)14-12-17-18-11-5-4-8-15(14)18/h1-8,11-12,16,19H,9-10H2. The number of fused-ring (bicyclic) bond motifs is 1. The number of hydrogen-bond acceptors (Lipinski definition) is 2. The molecule has 0 saturated carbocycles. The minimum absolute atomic E-state index is 0.472. The summed E-state index contributed by atoms with van der Waals surface area (Å²) in [5, 5.41) is 14.6. The van der Waals surface area contributed by atoms with Gasteiger partial charge in [-0.15, -0.1) is 0 Å².